The van der Waals surface area contributed by atoms with Crippen molar-refractivity contribution in [3.63, 3.8) is 0 Å². The molecule has 0 radical (unpaired) electrons. The zero-order valence-corrected chi connectivity index (χ0v) is 12.6. The average Bonchev–Trinajstić information content (AvgIpc) is 2.85. The van der Waals surface area contributed by atoms with E-state index in [-0.39, 0.29) is 0 Å². The van der Waals surface area contributed by atoms with Crippen LogP contribution in [0.15, 0.2) is 22.6 Å². The van der Waals surface area contributed by atoms with Gasteiger partial charge in [0.15, 0.2) is 0 Å². The Labute approximate surface area is 120 Å². The highest BCUT2D eigenvalue weighted by atomic mass is 16.4. The van der Waals surface area contributed by atoms with E-state index < -0.39 is 0 Å². The summed E-state index contributed by atoms with van der Waals surface area (Å²) in [6.45, 7) is 10.8. The van der Waals surface area contributed by atoms with Crippen molar-refractivity contribution in [3.05, 3.63) is 35.5 Å². The van der Waals surface area contributed by atoms with E-state index in [9.17, 15) is 0 Å². The van der Waals surface area contributed by atoms with E-state index in [1.165, 1.54) is 11.3 Å². The van der Waals surface area contributed by atoms with Gasteiger partial charge in [0.2, 0.25) is 11.8 Å². The maximum atomic E-state index is 5.35. The largest absolute Gasteiger partial charge is 0.424 e. The standard InChI is InChI=1S/C15H22N4O/c1-5-19(6-2)13-7-8-14(11(3)9-13)16-10-15-18-17-12(4)20-15/h7-9,16H,5-6,10H2,1-4H3. The van der Waals surface area contributed by atoms with Gasteiger partial charge in [-0.15, -0.1) is 10.2 Å². The summed E-state index contributed by atoms with van der Waals surface area (Å²) in [5, 5.41) is 11.1. The van der Waals surface area contributed by atoms with Gasteiger partial charge in [-0.3, -0.25) is 0 Å². The van der Waals surface area contributed by atoms with Crippen LogP contribution in [0.25, 0.3) is 0 Å². The number of hydrogen-bond acceptors (Lipinski definition) is 5. The highest BCUT2D eigenvalue weighted by Crippen LogP contribution is 2.23. The topological polar surface area (TPSA) is 54.2 Å². The molecule has 0 saturated carbocycles. The molecule has 0 aliphatic carbocycles. The maximum Gasteiger partial charge on any atom is 0.235 e. The Bertz CT molecular complexity index is 561. The van der Waals surface area contributed by atoms with Crippen molar-refractivity contribution < 1.29 is 4.42 Å². The van der Waals surface area contributed by atoms with Gasteiger partial charge >= 0.3 is 0 Å². The van der Waals surface area contributed by atoms with Crippen molar-refractivity contribution in [2.75, 3.05) is 23.3 Å². The van der Waals surface area contributed by atoms with Crippen LogP contribution in [-0.4, -0.2) is 23.3 Å². The molecule has 0 atom stereocenters. The molecule has 1 N–H and O–H groups in total. The molecule has 0 bridgehead atoms. The molecule has 1 heterocycles. The second-order valence-electron chi connectivity index (χ2n) is 4.74. The number of anilines is 2. The Morgan fingerprint density at radius 3 is 2.45 bits per heavy atom. The lowest BCUT2D eigenvalue weighted by atomic mass is 10.1. The van der Waals surface area contributed by atoms with E-state index in [0.29, 0.717) is 18.3 Å². The molecule has 1 aromatic carbocycles. The van der Waals surface area contributed by atoms with Gasteiger partial charge in [-0.25, -0.2) is 0 Å². The van der Waals surface area contributed by atoms with E-state index in [0.717, 1.165) is 18.8 Å². The van der Waals surface area contributed by atoms with Gasteiger partial charge in [0.25, 0.3) is 0 Å². The Balaban J connectivity index is 2.06. The van der Waals surface area contributed by atoms with Crippen LogP contribution < -0.4 is 10.2 Å². The van der Waals surface area contributed by atoms with E-state index in [1.54, 1.807) is 6.92 Å². The van der Waals surface area contributed by atoms with Crippen LogP contribution in [0.1, 0.15) is 31.2 Å². The molecular weight excluding hydrogens is 252 g/mol. The fourth-order valence-corrected chi connectivity index (χ4v) is 2.21. The first-order chi connectivity index (χ1) is 9.63. The molecule has 5 heteroatoms. The molecular formula is C15H22N4O. The Kier molecular flexibility index (Phi) is 4.61. The van der Waals surface area contributed by atoms with Crippen molar-refractivity contribution in [1.82, 2.24) is 10.2 Å². The van der Waals surface area contributed by atoms with Gasteiger partial charge in [0, 0.05) is 31.4 Å². The van der Waals surface area contributed by atoms with Crippen molar-refractivity contribution in [2.45, 2.75) is 34.2 Å². The number of hydrogen-bond donors (Lipinski definition) is 1. The van der Waals surface area contributed by atoms with Gasteiger partial charge in [-0.05, 0) is 44.5 Å². The molecule has 0 amide bonds. The predicted molar refractivity (Wildman–Crippen MR) is 81.1 cm³/mol. The minimum Gasteiger partial charge on any atom is -0.424 e. The van der Waals surface area contributed by atoms with Crippen LogP contribution in [0.5, 0.6) is 0 Å². The lowest BCUT2D eigenvalue weighted by molar-refractivity contribution is 0.475. The SMILES string of the molecule is CCN(CC)c1ccc(NCc2nnc(C)o2)c(C)c1. The average molecular weight is 274 g/mol. The maximum absolute atomic E-state index is 5.35. The van der Waals surface area contributed by atoms with Crippen molar-refractivity contribution >= 4 is 11.4 Å². The van der Waals surface area contributed by atoms with Gasteiger partial charge in [0.05, 0.1) is 6.54 Å². The van der Waals surface area contributed by atoms with Gasteiger partial charge in [0.1, 0.15) is 0 Å². The highest BCUT2D eigenvalue weighted by Gasteiger charge is 2.06. The van der Waals surface area contributed by atoms with E-state index >= 15 is 0 Å². The van der Waals surface area contributed by atoms with Crippen LogP contribution in [0.4, 0.5) is 11.4 Å². The molecule has 2 aromatic rings. The Hall–Kier alpha value is -2.04. The molecule has 5 nitrogen and oxygen atoms in total. The summed E-state index contributed by atoms with van der Waals surface area (Å²) in [5.74, 6) is 1.20. The molecule has 2 rings (SSSR count). The number of aromatic nitrogens is 2. The predicted octanol–water partition coefficient (Wildman–Crippen LogP) is 3.14. The fourth-order valence-electron chi connectivity index (χ4n) is 2.21. The smallest absolute Gasteiger partial charge is 0.235 e. The van der Waals surface area contributed by atoms with Crippen molar-refractivity contribution in [2.24, 2.45) is 0 Å². The molecule has 1 aromatic heterocycles. The molecule has 20 heavy (non-hydrogen) atoms. The zero-order valence-electron chi connectivity index (χ0n) is 12.6. The number of nitrogens with one attached hydrogen (secondary N) is 1. The third-order valence-corrected chi connectivity index (χ3v) is 3.34. The van der Waals surface area contributed by atoms with Crippen molar-refractivity contribution in [1.29, 1.82) is 0 Å². The number of aryl methyl sites for hydroxylation is 2. The first-order valence-electron chi connectivity index (χ1n) is 7.02. The Morgan fingerprint density at radius 2 is 1.90 bits per heavy atom. The fraction of sp³-hybridized carbons (Fsp3) is 0.467. The normalized spacial score (nSPS) is 10.6. The first kappa shape index (κ1) is 14.4. The second-order valence-corrected chi connectivity index (χ2v) is 4.74. The van der Waals surface area contributed by atoms with Crippen LogP contribution >= 0.6 is 0 Å². The third kappa shape index (κ3) is 3.29. The monoisotopic (exact) mass is 274 g/mol. The number of nitrogens with zero attached hydrogens (tertiary/aromatic N) is 3. The zero-order chi connectivity index (χ0) is 14.5. The molecule has 0 saturated heterocycles. The lowest BCUT2D eigenvalue weighted by Gasteiger charge is -2.22. The van der Waals surface area contributed by atoms with Crippen molar-refractivity contribution in [3.8, 4) is 0 Å². The minimum atomic E-state index is 0.548. The van der Waals surface area contributed by atoms with Crippen LogP contribution in [0.3, 0.4) is 0 Å². The summed E-state index contributed by atoms with van der Waals surface area (Å²) in [6.07, 6.45) is 0. The second kappa shape index (κ2) is 6.41. The van der Waals surface area contributed by atoms with Crippen LogP contribution in [0, 0.1) is 13.8 Å². The number of rotatable bonds is 6. The van der Waals surface area contributed by atoms with Crippen LogP contribution in [-0.2, 0) is 6.54 Å². The van der Waals surface area contributed by atoms with Gasteiger partial charge in [-0.1, -0.05) is 0 Å². The minimum absolute atomic E-state index is 0.548. The summed E-state index contributed by atoms with van der Waals surface area (Å²) in [6, 6.07) is 6.45. The molecule has 0 spiro atoms. The first-order valence-corrected chi connectivity index (χ1v) is 7.02. The summed E-state index contributed by atoms with van der Waals surface area (Å²) >= 11 is 0. The van der Waals surface area contributed by atoms with E-state index in [2.05, 4.69) is 59.4 Å². The summed E-state index contributed by atoms with van der Waals surface area (Å²) < 4.78 is 5.35. The summed E-state index contributed by atoms with van der Waals surface area (Å²) in [5.41, 5.74) is 3.56. The van der Waals surface area contributed by atoms with Crippen LogP contribution in [0.2, 0.25) is 0 Å². The highest BCUT2D eigenvalue weighted by molar-refractivity contribution is 5.60. The van der Waals surface area contributed by atoms with Gasteiger partial charge in [-0.2, -0.15) is 0 Å². The summed E-state index contributed by atoms with van der Waals surface area (Å²) in [7, 11) is 0. The molecule has 108 valence electrons. The Morgan fingerprint density at radius 1 is 1.15 bits per heavy atom. The van der Waals surface area contributed by atoms with E-state index in [1.807, 2.05) is 0 Å². The molecule has 0 unspecified atom stereocenters. The van der Waals surface area contributed by atoms with E-state index in [4.69, 9.17) is 4.42 Å². The summed E-state index contributed by atoms with van der Waals surface area (Å²) in [4.78, 5) is 2.33. The van der Waals surface area contributed by atoms with Gasteiger partial charge < -0.3 is 14.6 Å². The lowest BCUT2D eigenvalue weighted by Crippen LogP contribution is -2.21. The molecule has 0 aliphatic heterocycles. The third-order valence-electron chi connectivity index (χ3n) is 3.34. The molecule has 0 fully saturated rings. The quantitative estimate of drug-likeness (QED) is 0.877. The molecule has 0 aliphatic rings. The number of benzene rings is 1.